The van der Waals surface area contributed by atoms with E-state index in [9.17, 15) is 0 Å². The first-order valence-corrected chi connectivity index (χ1v) is 6.76. The molecule has 0 saturated heterocycles. The lowest BCUT2D eigenvalue weighted by Crippen LogP contribution is -2.18. The van der Waals surface area contributed by atoms with Crippen LogP contribution >= 0.6 is 15.9 Å². The monoisotopic (exact) mass is 279 g/mol. The lowest BCUT2D eigenvalue weighted by Gasteiger charge is -2.07. The molecule has 0 atom stereocenters. The Hall–Kier alpha value is -0.600. The molecule has 1 aromatic rings. The van der Waals surface area contributed by atoms with Crippen LogP contribution in [0.2, 0.25) is 0 Å². The van der Waals surface area contributed by atoms with Gasteiger partial charge in [-0.25, -0.2) is 0 Å². The molecule has 0 bridgehead atoms. The number of rotatable bonds is 5. The SMILES string of the molecule is CCC(=Cc1ccccc1Br)CNC1CC1. The highest BCUT2D eigenvalue weighted by Crippen LogP contribution is 2.21. The highest BCUT2D eigenvalue weighted by Gasteiger charge is 2.20. The maximum Gasteiger partial charge on any atom is 0.0247 e. The summed E-state index contributed by atoms with van der Waals surface area (Å²) in [5.74, 6) is 0. The minimum Gasteiger partial charge on any atom is -0.310 e. The van der Waals surface area contributed by atoms with Crippen LogP contribution in [0.4, 0.5) is 0 Å². The molecule has 1 aliphatic rings. The van der Waals surface area contributed by atoms with E-state index in [1.165, 1.54) is 28.5 Å². The van der Waals surface area contributed by atoms with Crippen molar-refractivity contribution in [2.45, 2.75) is 32.2 Å². The number of hydrogen-bond acceptors (Lipinski definition) is 1. The van der Waals surface area contributed by atoms with E-state index in [-0.39, 0.29) is 0 Å². The molecule has 1 fully saturated rings. The van der Waals surface area contributed by atoms with Crippen LogP contribution in [0, 0.1) is 0 Å². The minimum absolute atomic E-state index is 0.786. The summed E-state index contributed by atoms with van der Waals surface area (Å²) in [7, 11) is 0. The van der Waals surface area contributed by atoms with Gasteiger partial charge < -0.3 is 5.32 Å². The average molecular weight is 280 g/mol. The molecule has 1 nitrogen and oxygen atoms in total. The minimum atomic E-state index is 0.786. The Morgan fingerprint density at radius 2 is 2.19 bits per heavy atom. The van der Waals surface area contributed by atoms with E-state index in [0.29, 0.717) is 0 Å². The molecule has 0 unspecified atom stereocenters. The predicted molar refractivity (Wildman–Crippen MR) is 73.4 cm³/mol. The summed E-state index contributed by atoms with van der Waals surface area (Å²) in [5.41, 5.74) is 2.75. The summed E-state index contributed by atoms with van der Waals surface area (Å²) < 4.78 is 1.17. The first-order valence-electron chi connectivity index (χ1n) is 5.97. The second-order valence-electron chi connectivity index (χ2n) is 4.33. The van der Waals surface area contributed by atoms with E-state index in [1.54, 1.807) is 0 Å². The fourth-order valence-corrected chi connectivity index (χ4v) is 2.05. The molecule has 1 N–H and O–H groups in total. The van der Waals surface area contributed by atoms with Crippen molar-refractivity contribution in [3.05, 3.63) is 39.9 Å². The van der Waals surface area contributed by atoms with Crippen LogP contribution < -0.4 is 5.32 Å². The van der Waals surface area contributed by atoms with Crippen LogP contribution in [0.5, 0.6) is 0 Å². The number of halogens is 1. The van der Waals surface area contributed by atoms with E-state index >= 15 is 0 Å². The largest absolute Gasteiger partial charge is 0.310 e. The standard InChI is InChI=1S/C14H18BrN/c1-2-11(10-16-13-7-8-13)9-12-5-3-4-6-14(12)15/h3-6,9,13,16H,2,7-8,10H2,1H3. The van der Waals surface area contributed by atoms with Gasteiger partial charge in [0.05, 0.1) is 0 Å². The third-order valence-corrected chi connectivity index (χ3v) is 3.64. The van der Waals surface area contributed by atoms with Gasteiger partial charge in [-0.3, -0.25) is 0 Å². The van der Waals surface area contributed by atoms with Gasteiger partial charge in [0, 0.05) is 17.1 Å². The second-order valence-corrected chi connectivity index (χ2v) is 5.19. The van der Waals surface area contributed by atoms with Crippen LogP contribution in [0.1, 0.15) is 31.7 Å². The highest BCUT2D eigenvalue weighted by molar-refractivity contribution is 9.10. The van der Waals surface area contributed by atoms with Gasteiger partial charge in [-0.05, 0) is 30.9 Å². The van der Waals surface area contributed by atoms with Crippen molar-refractivity contribution in [2.24, 2.45) is 0 Å². The van der Waals surface area contributed by atoms with Crippen molar-refractivity contribution >= 4 is 22.0 Å². The van der Waals surface area contributed by atoms with E-state index in [1.807, 2.05) is 0 Å². The van der Waals surface area contributed by atoms with Crippen LogP contribution in [-0.2, 0) is 0 Å². The maximum atomic E-state index is 3.58. The highest BCUT2D eigenvalue weighted by atomic mass is 79.9. The average Bonchev–Trinajstić information content (AvgIpc) is 3.10. The van der Waals surface area contributed by atoms with Crippen molar-refractivity contribution in [3.63, 3.8) is 0 Å². The summed E-state index contributed by atoms with van der Waals surface area (Å²) in [4.78, 5) is 0. The van der Waals surface area contributed by atoms with Crippen molar-refractivity contribution in [2.75, 3.05) is 6.54 Å². The zero-order valence-corrected chi connectivity index (χ0v) is 11.3. The van der Waals surface area contributed by atoms with E-state index in [4.69, 9.17) is 0 Å². The van der Waals surface area contributed by atoms with Gasteiger partial charge in [0.25, 0.3) is 0 Å². The first-order chi connectivity index (χ1) is 7.79. The molecule has 2 rings (SSSR count). The molecule has 0 aliphatic heterocycles. The fraction of sp³-hybridized carbons (Fsp3) is 0.429. The van der Waals surface area contributed by atoms with Crippen molar-refractivity contribution in [1.82, 2.24) is 5.32 Å². The molecule has 1 saturated carbocycles. The Morgan fingerprint density at radius 1 is 1.44 bits per heavy atom. The summed E-state index contributed by atoms with van der Waals surface area (Å²) in [6.07, 6.45) is 6.11. The van der Waals surface area contributed by atoms with Gasteiger partial charge in [-0.15, -0.1) is 0 Å². The van der Waals surface area contributed by atoms with Crippen LogP contribution in [0.25, 0.3) is 6.08 Å². The molecule has 2 heteroatoms. The Kier molecular flexibility index (Phi) is 4.19. The Bertz CT molecular complexity index is 380. The zero-order chi connectivity index (χ0) is 11.4. The first kappa shape index (κ1) is 11.9. The van der Waals surface area contributed by atoms with Gasteiger partial charge in [0.2, 0.25) is 0 Å². The van der Waals surface area contributed by atoms with Gasteiger partial charge in [0.15, 0.2) is 0 Å². The topological polar surface area (TPSA) is 12.0 Å². The maximum absolute atomic E-state index is 3.58. The summed E-state index contributed by atoms with van der Waals surface area (Å²) in [6, 6.07) is 9.16. The molecule has 0 aromatic heterocycles. The summed E-state index contributed by atoms with van der Waals surface area (Å²) >= 11 is 3.58. The Labute approximate surface area is 106 Å². The molecule has 86 valence electrons. The second kappa shape index (κ2) is 5.65. The molecule has 1 aliphatic carbocycles. The summed E-state index contributed by atoms with van der Waals surface area (Å²) in [5, 5.41) is 3.56. The number of hydrogen-bond donors (Lipinski definition) is 1. The predicted octanol–water partition coefficient (Wildman–Crippen LogP) is 3.99. The van der Waals surface area contributed by atoms with Crippen molar-refractivity contribution in [1.29, 1.82) is 0 Å². The van der Waals surface area contributed by atoms with E-state index in [0.717, 1.165) is 19.0 Å². The molecule has 0 radical (unpaired) electrons. The Balaban J connectivity index is 2.03. The smallest absolute Gasteiger partial charge is 0.0247 e. The third kappa shape index (κ3) is 3.46. The molecular weight excluding hydrogens is 262 g/mol. The zero-order valence-electron chi connectivity index (χ0n) is 9.67. The van der Waals surface area contributed by atoms with E-state index < -0.39 is 0 Å². The molecule has 16 heavy (non-hydrogen) atoms. The summed E-state index contributed by atoms with van der Waals surface area (Å²) in [6.45, 7) is 3.25. The van der Waals surface area contributed by atoms with Gasteiger partial charge in [-0.2, -0.15) is 0 Å². The molecule has 1 aromatic carbocycles. The third-order valence-electron chi connectivity index (χ3n) is 2.91. The lowest BCUT2D eigenvalue weighted by atomic mass is 10.1. The van der Waals surface area contributed by atoms with Crippen LogP contribution in [0.3, 0.4) is 0 Å². The van der Waals surface area contributed by atoms with Gasteiger partial charge >= 0.3 is 0 Å². The molecular formula is C14H18BrN. The van der Waals surface area contributed by atoms with Crippen molar-refractivity contribution in [3.8, 4) is 0 Å². The van der Waals surface area contributed by atoms with E-state index in [2.05, 4.69) is 58.5 Å². The van der Waals surface area contributed by atoms with Gasteiger partial charge in [0.1, 0.15) is 0 Å². The number of benzene rings is 1. The van der Waals surface area contributed by atoms with Gasteiger partial charge in [-0.1, -0.05) is 52.7 Å². The Morgan fingerprint density at radius 3 is 2.81 bits per heavy atom. The lowest BCUT2D eigenvalue weighted by molar-refractivity contribution is 0.723. The molecule has 0 heterocycles. The van der Waals surface area contributed by atoms with Crippen LogP contribution in [-0.4, -0.2) is 12.6 Å². The quantitative estimate of drug-likeness (QED) is 0.859. The molecule has 0 spiro atoms. The fourth-order valence-electron chi connectivity index (χ4n) is 1.65. The van der Waals surface area contributed by atoms with Crippen molar-refractivity contribution < 1.29 is 0 Å². The molecule has 0 amide bonds. The number of nitrogens with one attached hydrogen (secondary N) is 1. The van der Waals surface area contributed by atoms with Crippen LogP contribution in [0.15, 0.2) is 34.3 Å². The normalized spacial score (nSPS) is 16.5.